The van der Waals surface area contributed by atoms with Crippen LogP contribution in [0.4, 0.5) is 5.69 Å². The SMILES string of the molecule is CCC(CN)C(=O)Nc1cccnc1. The molecule has 0 spiro atoms. The summed E-state index contributed by atoms with van der Waals surface area (Å²) in [5, 5.41) is 2.76. The van der Waals surface area contributed by atoms with Crippen molar-refractivity contribution >= 4 is 11.6 Å². The number of pyridine rings is 1. The van der Waals surface area contributed by atoms with Gasteiger partial charge in [0.1, 0.15) is 0 Å². The zero-order valence-corrected chi connectivity index (χ0v) is 8.23. The number of nitrogens with one attached hydrogen (secondary N) is 1. The molecular weight excluding hydrogens is 178 g/mol. The second-order valence-electron chi connectivity index (χ2n) is 3.07. The van der Waals surface area contributed by atoms with Crippen molar-refractivity contribution in [2.45, 2.75) is 13.3 Å². The summed E-state index contributed by atoms with van der Waals surface area (Å²) in [4.78, 5) is 15.5. The summed E-state index contributed by atoms with van der Waals surface area (Å²) in [6.45, 7) is 2.32. The summed E-state index contributed by atoms with van der Waals surface area (Å²) in [5.41, 5.74) is 6.17. The molecule has 1 heterocycles. The third-order valence-electron chi connectivity index (χ3n) is 2.08. The molecule has 0 bridgehead atoms. The molecule has 0 saturated carbocycles. The standard InChI is InChI=1S/C10H15N3O/c1-2-8(6-11)10(14)13-9-4-3-5-12-7-9/h3-5,7-8H,2,6,11H2,1H3,(H,13,14). The Morgan fingerprint density at radius 1 is 1.71 bits per heavy atom. The Hall–Kier alpha value is -1.42. The Morgan fingerprint density at radius 2 is 2.50 bits per heavy atom. The van der Waals surface area contributed by atoms with E-state index in [1.165, 1.54) is 0 Å². The van der Waals surface area contributed by atoms with Crippen LogP contribution in [0.15, 0.2) is 24.5 Å². The number of carbonyl (C=O) groups excluding carboxylic acids is 1. The summed E-state index contributed by atoms with van der Waals surface area (Å²) in [6, 6.07) is 3.58. The van der Waals surface area contributed by atoms with Crippen LogP contribution in [0.25, 0.3) is 0 Å². The number of hydrogen-bond donors (Lipinski definition) is 2. The number of anilines is 1. The van der Waals surface area contributed by atoms with Crippen molar-refractivity contribution in [3.05, 3.63) is 24.5 Å². The van der Waals surface area contributed by atoms with Crippen LogP contribution in [0.1, 0.15) is 13.3 Å². The minimum absolute atomic E-state index is 0.0389. The molecule has 0 radical (unpaired) electrons. The van der Waals surface area contributed by atoms with E-state index >= 15 is 0 Å². The van der Waals surface area contributed by atoms with E-state index < -0.39 is 0 Å². The van der Waals surface area contributed by atoms with Crippen LogP contribution in [0.5, 0.6) is 0 Å². The van der Waals surface area contributed by atoms with Crippen LogP contribution in [0, 0.1) is 5.92 Å². The Bertz CT molecular complexity index is 283. The summed E-state index contributed by atoms with van der Waals surface area (Å²) in [6.07, 6.45) is 4.03. The first-order chi connectivity index (χ1) is 6.77. The van der Waals surface area contributed by atoms with E-state index in [1.54, 1.807) is 24.5 Å². The fourth-order valence-corrected chi connectivity index (χ4v) is 1.14. The number of nitrogens with two attached hydrogens (primary N) is 1. The van der Waals surface area contributed by atoms with Crippen molar-refractivity contribution in [3.8, 4) is 0 Å². The molecule has 0 aliphatic heterocycles. The predicted molar refractivity (Wildman–Crippen MR) is 55.7 cm³/mol. The first-order valence-electron chi connectivity index (χ1n) is 4.69. The second kappa shape index (κ2) is 5.34. The lowest BCUT2D eigenvalue weighted by atomic mass is 10.1. The average Bonchev–Trinajstić information content (AvgIpc) is 2.21. The van der Waals surface area contributed by atoms with Crippen molar-refractivity contribution in [1.82, 2.24) is 4.98 Å². The van der Waals surface area contributed by atoms with Gasteiger partial charge in [-0.2, -0.15) is 0 Å². The molecule has 76 valence electrons. The molecule has 0 fully saturated rings. The average molecular weight is 193 g/mol. The first kappa shape index (κ1) is 10.7. The number of nitrogens with zero attached hydrogens (tertiary/aromatic N) is 1. The highest BCUT2D eigenvalue weighted by Gasteiger charge is 2.13. The first-order valence-corrected chi connectivity index (χ1v) is 4.69. The monoisotopic (exact) mass is 193 g/mol. The van der Waals surface area contributed by atoms with Crippen molar-refractivity contribution in [2.24, 2.45) is 11.7 Å². The van der Waals surface area contributed by atoms with Gasteiger partial charge in [0, 0.05) is 12.7 Å². The van der Waals surface area contributed by atoms with Crippen LogP contribution < -0.4 is 11.1 Å². The molecule has 0 aliphatic rings. The lowest BCUT2D eigenvalue weighted by Crippen LogP contribution is -2.28. The Balaban J connectivity index is 2.57. The zero-order valence-electron chi connectivity index (χ0n) is 8.23. The van der Waals surface area contributed by atoms with Crippen LogP contribution in [-0.4, -0.2) is 17.4 Å². The topological polar surface area (TPSA) is 68.0 Å². The fourth-order valence-electron chi connectivity index (χ4n) is 1.14. The Labute approximate surface area is 83.5 Å². The summed E-state index contributed by atoms with van der Waals surface area (Å²) >= 11 is 0. The predicted octanol–water partition coefficient (Wildman–Crippen LogP) is 1.00. The number of carbonyl (C=O) groups is 1. The molecule has 1 unspecified atom stereocenters. The smallest absolute Gasteiger partial charge is 0.228 e. The molecular formula is C10H15N3O. The second-order valence-corrected chi connectivity index (χ2v) is 3.07. The van der Waals surface area contributed by atoms with Crippen LogP contribution >= 0.6 is 0 Å². The molecule has 1 rings (SSSR count). The number of amides is 1. The molecule has 4 heteroatoms. The van der Waals surface area contributed by atoms with Crippen LogP contribution in [0.2, 0.25) is 0 Å². The van der Waals surface area contributed by atoms with Gasteiger partial charge >= 0.3 is 0 Å². The lowest BCUT2D eigenvalue weighted by Gasteiger charge is -2.11. The van der Waals surface area contributed by atoms with Crippen molar-refractivity contribution < 1.29 is 4.79 Å². The van der Waals surface area contributed by atoms with Gasteiger partial charge in [0.05, 0.1) is 17.8 Å². The molecule has 1 amide bonds. The molecule has 1 aromatic heterocycles. The van der Waals surface area contributed by atoms with E-state index in [0.717, 1.165) is 6.42 Å². The Morgan fingerprint density at radius 3 is 3.00 bits per heavy atom. The van der Waals surface area contributed by atoms with Crippen LogP contribution in [-0.2, 0) is 4.79 Å². The summed E-state index contributed by atoms with van der Waals surface area (Å²) in [7, 11) is 0. The Kier molecular flexibility index (Phi) is 4.07. The third kappa shape index (κ3) is 2.81. The van der Waals surface area contributed by atoms with E-state index in [1.807, 2.05) is 6.92 Å². The highest BCUT2D eigenvalue weighted by molar-refractivity contribution is 5.92. The van der Waals surface area contributed by atoms with Gasteiger partial charge in [-0.25, -0.2) is 0 Å². The maximum Gasteiger partial charge on any atom is 0.228 e. The number of aromatic nitrogens is 1. The highest BCUT2D eigenvalue weighted by atomic mass is 16.1. The molecule has 0 saturated heterocycles. The van der Waals surface area contributed by atoms with E-state index in [-0.39, 0.29) is 11.8 Å². The molecule has 0 aromatic carbocycles. The van der Waals surface area contributed by atoms with E-state index in [4.69, 9.17) is 5.73 Å². The number of hydrogen-bond acceptors (Lipinski definition) is 3. The van der Waals surface area contributed by atoms with Crippen molar-refractivity contribution in [2.75, 3.05) is 11.9 Å². The van der Waals surface area contributed by atoms with Gasteiger partial charge in [0.15, 0.2) is 0 Å². The minimum atomic E-state index is -0.116. The van der Waals surface area contributed by atoms with E-state index in [0.29, 0.717) is 12.2 Å². The maximum absolute atomic E-state index is 11.6. The molecule has 3 N–H and O–H groups in total. The fraction of sp³-hybridized carbons (Fsp3) is 0.400. The summed E-state index contributed by atoms with van der Waals surface area (Å²) in [5.74, 6) is -0.154. The van der Waals surface area contributed by atoms with Gasteiger partial charge in [-0.3, -0.25) is 9.78 Å². The number of rotatable bonds is 4. The summed E-state index contributed by atoms with van der Waals surface area (Å²) < 4.78 is 0. The highest BCUT2D eigenvalue weighted by Crippen LogP contribution is 2.07. The van der Waals surface area contributed by atoms with Gasteiger partial charge in [0.25, 0.3) is 0 Å². The largest absolute Gasteiger partial charge is 0.330 e. The van der Waals surface area contributed by atoms with Gasteiger partial charge in [-0.1, -0.05) is 6.92 Å². The minimum Gasteiger partial charge on any atom is -0.330 e. The quantitative estimate of drug-likeness (QED) is 0.749. The lowest BCUT2D eigenvalue weighted by molar-refractivity contribution is -0.119. The van der Waals surface area contributed by atoms with Gasteiger partial charge in [-0.15, -0.1) is 0 Å². The van der Waals surface area contributed by atoms with Crippen LogP contribution in [0.3, 0.4) is 0 Å². The molecule has 1 atom stereocenters. The maximum atomic E-state index is 11.6. The van der Waals surface area contributed by atoms with Gasteiger partial charge in [-0.05, 0) is 18.6 Å². The van der Waals surface area contributed by atoms with Crippen molar-refractivity contribution in [3.63, 3.8) is 0 Å². The third-order valence-corrected chi connectivity index (χ3v) is 2.08. The molecule has 14 heavy (non-hydrogen) atoms. The van der Waals surface area contributed by atoms with E-state index in [9.17, 15) is 4.79 Å². The van der Waals surface area contributed by atoms with Gasteiger partial charge < -0.3 is 11.1 Å². The van der Waals surface area contributed by atoms with Gasteiger partial charge in [0.2, 0.25) is 5.91 Å². The molecule has 1 aromatic rings. The zero-order chi connectivity index (χ0) is 10.4. The van der Waals surface area contributed by atoms with Crippen molar-refractivity contribution in [1.29, 1.82) is 0 Å². The normalized spacial score (nSPS) is 12.1. The van der Waals surface area contributed by atoms with E-state index in [2.05, 4.69) is 10.3 Å². The molecule has 0 aliphatic carbocycles. The molecule has 4 nitrogen and oxygen atoms in total.